The Labute approximate surface area is 182 Å². The van der Waals surface area contributed by atoms with Gasteiger partial charge in [-0.1, -0.05) is 42.5 Å². The fourth-order valence-electron chi connectivity index (χ4n) is 4.49. The van der Waals surface area contributed by atoms with Crippen molar-refractivity contribution in [2.75, 3.05) is 11.9 Å². The number of benzene rings is 2. The van der Waals surface area contributed by atoms with E-state index in [1.165, 1.54) is 5.56 Å². The Morgan fingerprint density at radius 1 is 0.903 bits per heavy atom. The van der Waals surface area contributed by atoms with Crippen molar-refractivity contribution in [2.24, 2.45) is 5.92 Å². The largest absolute Gasteiger partial charge is 0.354 e. The van der Waals surface area contributed by atoms with Gasteiger partial charge in [-0.25, -0.2) is 9.97 Å². The molecule has 7 nitrogen and oxygen atoms in total. The van der Waals surface area contributed by atoms with Gasteiger partial charge in [0.1, 0.15) is 0 Å². The van der Waals surface area contributed by atoms with Gasteiger partial charge in [0.2, 0.25) is 5.95 Å². The van der Waals surface area contributed by atoms with Gasteiger partial charge in [0.25, 0.3) is 0 Å². The zero-order valence-electron chi connectivity index (χ0n) is 18.0. The van der Waals surface area contributed by atoms with Crippen LogP contribution in [0, 0.1) is 5.92 Å². The van der Waals surface area contributed by atoms with Crippen LogP contribution in [0.25, 0.3) is 16.6 Å². The Morgan fingerprint density at radius 2 is 1.65 bits per heavy atom. The van der Waals surface area contributed by atoms with Gasteiger partial charge < -0.3 is 5.32 Å². The van der Waals surface area contributed by atoms with Gasteiger partial charge in [0.05, 0.1) is 5.52 Å². The predicted octanol–water partition coefficient (Wildman–Crippen LogP) is 3.37. The molecule has 4 aromatic rings. The van der Waals surface area contributed by atoms with E-state index in [0.717, 1.165) is 54.1 Å². The third-order valence-electron chi connectivity index (χ3n) is 6.29. The monoisotopic (exact) mass is 415 g/mol. The Morgan fingerprint density at radius 3 is 2.45 bits per heavy atom. The average Bonchev–Trinajstić information content (AvgIpc) is 3.36. The molecule has 3 heterocycles. The predicted molar refractivity (Wildman–Crippen MR) is 124 cm³/mol. The number of fused-ring (bicyclic) bond motifs is 3. The lowest BCUT2D eigenvalue weighted by atomic mass is 9.91. The van der Waals surface area contributed by atoms with Crippen LogP contribution in [0.4, 0.5) is 5.95 Å². The summed E-state index contributed by atoms with van der Waals surface area (Å²) in [5.41, 5.74) is 9.77. The van der Waals surface area contributed by atoms with Gasteiger partial charge >= 0.3 is 0 Å². The van der Waals surface area contributed by atoms with Gasteiger partial charge in [-0.3, -0.25) is 10.9 Å². The van der Waals surface area contributed by atoms with Crippen molar-refractivity contribution in [2.45, 2.75) is 45.2 Å². The minimum atomic E-state index is 0.449. The quantitative estimate of drug-likeness (QED) is 0.430. The number of nitrogens with zero attached hydrogens (tertiary/aromatic N) is 4. The third kappa shape index (κ3) is 4.11. The zero-order chi connectivity index (χ0) is 21.2. The summed E-state index contributed by atoms with van der Waals surface area (Å²) in [5, 5.41) is 9.35. The first-order valence-electron chi connectivity index (χ1n) is 11.1. The highest BCUT2D eigenvalue weighted by molar-refractivity contribution is 5.92. The van der Waals surface area contributed by atoms with E-state index in [4.69, 9.17) is 15.1 Å². The lowest BCUT2D eigenvalue weighted by Crippen LogP contribution is -2.30. The van der Waals surface area contributed by atoms with Gasteiger partial charge in [-0.2, -0.15) is 4.52 Å². The number of anilines is 1. The van der Waals surface area contributed by atoms with Crippen LogP contribution in [0.15, 0.2) is 54.6 Å². The number of aryl methyl sites for hydroxylation is 1. The number of aromatic nitrogens is 4. The van der Waals surface area contributed by atoms with Gasteiger partial charge in [0.15, 0.2) is 11.5 Å². The zero-order valence-corrected chi connectivity index (χ0v) is 18.0. The second kappa shape index (κ2) is 8.61. The molecule has 3 N–H and O–H groups in total. The molecule has 1 aliphatic heterocycles. The van der Waals surface area contributed by atoms with E-state index in [1.807, 2.05) is 28.8 Å². The average molecular weight is 416 g/mol. The normalized spacial score (nSPS) is 21.2. The molecule has 31 heavy (non-hydrogen) atoms. The van der Waals surface area contributed by atoms with Crippen LogP contribution in [-0.2, 0) is 12.8 Å². The molecule has 1 fully saturated rings. The summed E-state index contributed by atoms with van der Waals surface area (Å²) in [4.78, 5) is 9.75. The first-order valence-corrected chi connectivity index (χ1v) is 11.1. The molecule has 0 spiro atoms. The molecular weight excluding hydrogens is 386 g/mol. The second-order valence-electron chi connectivity index (χ2n) is 8.45. The molecule has 2 atom stereocenters. The highest BCUT2D eigenvalue weighted by Crippen LogP contribution is 2.23. The molecule has 2 aromatic heterocycles. The number of nitrogens with one attached hydrogen (secondary N) is 3. The molecule has 0 aliphatic carbocycles. The third-order valence-corrected chi connectivity index (χ3v) is 6.29. The summed E-state index contributed by atoms with van der Waals surface area (Å²) in [6.45, 7) is 5.24. The van der Waals surface area contributed by atoms with Crippen LogP contribution in [0.5, 0.6) is 0 Å². The molecule has 7 heteroatoms. The molecule has 2 unspecified atom stereocenters. The van der Waals surface area contributed by atoms with Crippen molar-refractivity contribution in [1.29, 1.82) is 0 Å². The van der Waals surface area contributed by atoms with Crippen molar-refractivity contribution < 1.29 is 0 Å². The molecule has 1 saturated heterocycles. The van der Waals surface area contributed by atoms with Crippen LogP contribution < -0.4 is 16.2 Å². The van der Waals surface area contributed by atoms with Crippen molar-refractivity contribution in [3.05, 3.63) is 66.0 Å². The lowest BCUT2D eigenvalue weighted by Gasteiger charge is -2.16. The fraction of sp³-hybridized carbons (Fsp3) is 0.375. The van der Waals surface area contributed by atoms with E-state index in [2.05, 4.69) is 60.3 Å². The van der Waals surface area contributed by atoms with Gasteiger partial charge in [0, 0.05) is 30.4 Å². The van der Waals surface area contributed by atoms with Crippen molar-refractivity contribution >= 4 is 22.5 Å². The van der Waals surface area contributed by atoms with Crippen molar-refractivity contribution in [3.8, 4) is 0 Å². The molecule has 0 amide bonds. The van der Waals surface area contributed by atoms with Gasteiger partial charge in [-0.15, -0.1) is 5.10 Å². The highest BCUT2D eigenvalue weighted by Gasteiger charge is 2.29. The number of hydrogen-bond acceptors (Lipinski definition) is 6. The number of para-hydroxylation sites is 1. The second-order valence-corrected chi connectivity index (χ2v) is 8.45. The fourth-order valence-corrected chi connectivity index (χ4v) is 4.49. The van der Waals surface area contributed by atoms with Crippen molar-refractivity contribution in [1.82, 2.24) is 30.4 Å². The molecule has 0 radical (unpaired) electrons. The first-order chi connectivity index (χ1) is 15.2. The summed E-state index contributed by atoms with van der Waals surface area (Å²) < 4.78 is 1.88. The van der Waals surface area contributed by atoms with Crippen LogP contribution in [0.3, 0.4) is 0 Å². The molecule has 0 bridgehead atoms. The van der Waals surface area contributed by atoms with Crippen LogP contribution >= 0.6 is 0 Å². The Balaban J connectivity index is 1.40. The number of rotatable bonds is 7. The van der Waals surface area contributed by atoms with Gasteiger partial charge in [-0.05, 0) is 50.3 Å². The summed E-state index contributed by atoms with van der Waals surface area (Å²) in [6, 6.07) is 19.5. The number of hydrazine groups is 1. The Kier molecular flexibility index (Phi) is 5.53. The van der Waals surface area contributed by atoms with Crippen molar-refractivity contribution in [3.63, 3.8) is 0 Å². The molecule has 1 aliphatic rings. The molecular formula is C24H29N7. The summed E-state index contributed by atoms with van der Waals surface area (Å²) in [7, 11) is 0. The van der Waals surface area contributed by atoms with E-state index >= 15 is 0 Å². The first kappa shape index (κ1) is 19.9. The topological polar surface area (TPSA) is 79.2 Å². The molecule has 0 saturated carbocycles. The molecule has 2 aromatic carbocycles. The maximum absolute atomic E-state index is 4.91. The van der Waals surface area contributed by atoms with Crippen LogP contribution in [-0.4, -0.2) is 38.2 Å². The standard InChI is InChI=1S/C24H29N7/c1-16-19(17(2)29-28-16)12-13-22-27-23-20-10-6-7-11-21(20)26-24(31(23)30-22)25-15-14-18-8-4-3-5-9-18/h3-11,16-17,19,28-29H,12-15H2,1-2H3,(H,25,26). The Bertz CT molecular complexity index is 1160. The van der Waals surface area contributed by atoms with E-state index < -0.39 is 0 Å². The molecule has 160 valence electrons. The summed E-state index contributed by atoms with van der Waals surface area (Å²) in [5.74, 6) is 2.18. The summed E-state index contributed by atoms with van der Waals surface area (Å²) in [6.07, 6.45) is 2.82. The molecule has 5 rings (SSSR count). The van der Waals surface area contributed by atoms with Crippen LogP contribution in [0.2, 0.25) is 0 Å². The smallest absolute Gasteiger partial charge is 0.226 e. The van der Waals surface area contributed by atoms with E-state index in [-0.39, 0.29) is 0 Å². The summed E-state index contributed by atoms with van der Waals surface area (Å²) >= 11 is 0. The maximum atomic E-state index is 4.91. The van der Waals surface area contributed by atoms with E-state index in [1.54, 1.807) is 0 Å². The maximum Gasteiger partial charge on any atom is 0.226 e. The minimum Gasteiger partial charge on any atom is -0.354 e. The van der Waals surface area contributed by atoms with Crippen LogP contribution in [0.1, 0.15) is 31.7 Å². The van der Waals surface area contributed by atoms with E-state index in [9.17, 15) is 0 Å². The highest BCUT2D eigenvalue weighted by atomic mass is 15.4. The minimum absolute atomic E-state index is 0.449. The lowest BCUT2D eigenvalue weighted by molar-refractivity contribution is 0.410. The SMILES string of the molecule is CC1NNC(C)C1CCc1nc2c3ccccc3nc(NCCc3ccccc3)n2n1. The van der Waals surface area contributed by atoms with E-state index in [0.29, 0.717) is 18.0 Å². The number of hydrogen-bond donors (Lipinski definition) is 3. The Hall–Kier alpha value is -3.03.